The summed E-state index contributed by atoms with van der Waals surface area (Å²) in [6, 6.07) is 0.231. The normalized spacial score (nSPS) is 17.0. The highest BCUT2D eigenvalue weighted by molar-refractivity contribution is 7.98. The lowest BCUT2D eigenvalue weighted by Crippen LogP contribution is -2.41. The molecular weight excluding hydrogens is 220 g/mol. The molecule has 1 aliphatic carbocycles. The Balaban J connectivity index is 0.00000169. The number of thioether (sulfide) groups is 1. The van der Waals surface area contributed by atoms with Gasteiger partial charge in [0.1, 0.15) is 0 Å². The van der Waals surface area contributed by atoms with Crippen LogP contribution in [0.25, 0.3) is 0 Å². The number of carbonyl (C=O) groups excluding carboxylic acids is 1. The Morgan fingerprint density at radius 2 is 2.29 bits per heavy atom. The highest BCUT2D eigenvalue weighted by Crippen LogP contribution is 2.32. The molecule has 5 heteroatoms. The van der Waals surface area contributed by atoms with Gasteiger partial charge in [-0.3, -0.25) is 4.79 Å². The summed E-state index contributed by atoms with van der Waals surface area (Å²) in [6.45, 7) is 0.579. The molecule has 3 N–H and O–H groups in total. The first kappa shape index (κ1) is 14.1. The zero-order chi connectivity index (χ0) is 9.68. The van der Waals surface area contributed by atoms with E-state index in [1.54, 1.807) is 11.8 Å². The van der Waals surface area contributed by atoms with E-state index in [0.717, 1.165) is 5.75 Å². The highest BCUT2D eigenvalue weighted by atomic mass is 35.5. The summed E-state index contributed by atoms with van der Waals surface area (Å²) in [5.74, 6) is 1.70. The Labute approximate surface area is 96.0 Å². The lowest BCUT2D eigenvalue weighted by atomic mass is 10.2. The molecule has 1 atom stereocenters. The molecule has 0 aromatic rings. The van der Waals surface area contributed by atoms with Crippen LogP contribution in [0.3, 0.4) is 0 Å². The average molecular weight is 239 g/mol. The number of carbonyl (C=O) groups is 1. The van der Waals surface area contributed by atoms with E-state index in [2.05, 4.69) is 5.32 Å². The number of hydrogen-bond acceptors (Lipinski definition) is 3. The number of nitrogens with one attached hydrogen (secondary N) is 1. The van der Waals surface area contributed by atoms with Gasteiger partial charge in [-0.25, -0.2) is 0 Å². The SMILES string of the molecule is CSCCC(=O)NC(CN)C1CC1.Cl. The Bertz CT molecular complexity index is 176. The second kappa shape index (κ2) is 7.37. The van der Waals surface area contributed by atoms with Crippen molar-refractivity contribution in [1.29, 1.82) is 0 Å². The topological polar surface area (TPSA) is 55.1 Å². The predicted molar refractivity (Wildman–Crippen MR) is 64.0 cm³/mol. The zero-order valence-corrected chi connectivity index (χ0v) is 10.1. The van der Waals surface area contributed by atoms with Crippen molar-refractivity contribution in [3.63, 3.8) is 0 Å². The molecule has 3 nitrogen and oxygen atoms in total. The number of rotatable bonds is 6. The van der Waals surface area contributed by atoms with Crippen molar-refractivity contribution in [2.75, 3.05) is 18.6 Å². The molecule has 0 aromatic carbocycles. The van der Waals surface area contributed by atoms with Gasteiger partial charge in [0.15, 0.2) is 0 Å². The Kier molecular flexibility index (Phi) is 7.41. The molecule has 1 amide bonds. The van der Waals surface area contributed by atoms with Crippen LogP contribution in [0.15, 0.2) is 0 Å². The van der Waals surface area contributed by atoms with E-state index < -0.39 is 0 Å². The monoisotopic (exact) mass is 238 g/mol. The molecular formula is C9H19ClN2OS. The summed E-state index contributed by atoms with van der Waals surface area (Å²) in [6.07, 6.45) is 5.08. The predicted octanol–water partition coefficient (Wildman–Crippen LogP) is 1.01. The molecule has 0 bridgehead atoms. The molecule has 0 heterocycles. The van der Waals surface area contributed by atoms with Crippen LogP contribution in [0.5, 0.6) is 0 Å². The molecule has 84 valence electrons. The first-order valence-corrected chi connectivity index (χ1v) is 6.15. The van der Waals surface area contributed by atoms with Crippen LogP contribution in [-0.2, 0) is 4.79 Å². The van der Waals surface area contributed by atoms with Gasteiger partial charge in [0, 0.05) is 24.8 Å². The molecule has 0 aliphatic heterocycles. The molecule has 0 aromatic heterocycles. The molecule has 0 saturated heterocycles. The Hall–Kier alpha value is 0.0700. The van der Waals surface area contributed by atoms with Gasteiger partial charge in [-0.05, 0) is 25.0 Å². The van der Waals surface area contributed by atoms with E-state index in [1.165, 1.54) is 12.8 Å². The van der Waals surface area contributed by atoms with Gasteiger partial charge in [0.2, 0.25) is 5.91 Å². The quantitative estimate of drug-likeness (QED) is 0.727. The van der Waals surface area contributed by atoms with Crippen LogP contribution >= 0.6 is 24.2 Å². The van der Waals surface area contributed by atoms with Crippen LogP contribution in [0, 0.1) is 5.92 Å². The maximum Gasteiger partial charge on any atom is 0.221 e. The van der Waals surface area contributed by atoms with E-state index in [-0.39, 0.29) is 24.4 Å². The molecule has 0 radical (unpaired) electrons. The van der Waals surface area contributed by atoms with Crippen LogP contribution in [0.4, 0.5) is 0 Å². The summed E-state index contributed by atoms with van der Waals surface area (Å²) >= 11 is 1.70. The fourth-order valence-electron chi connectivity index (χ4n) is 1.34. The van der Waals surface area contributed by atoms with Crippen LogP contribution in [0.1, 0.15) is 19.3 Å². The fourth-order valence-corrected chi connectivity index (χ4v) is 1.73. The number of nitrogens with two attached hydrogens (primary N) is 1. The highest BCUT2D eigenvalue weighted by Gasteiger charge is 2.30. The summed E-state index contributed by atoms with van der Waals surface area (Å²) in [5.41, 5.74) is 5.57. The van der Waals surface area contributed by atoms with Gasteiger partial charge in [-0.2, -0.15) is 11.8 Å². The molecule has 0 spiro atoms. The molecule has 1 aliphatic rings. The summed E-state index contributed by atoms with van der Waals surface area (Å²) in [5, 5.41) is 2.99. The smallest absolute Gasteiger partial charge is 0.221 e. The number of amides is 1. The van der Waals surface area contributed by atoms with E-state index >= 15 is 0 Å². The van der Waals surface area contributed by atoms with Gasteiger partial charge in [-0.15, -0.1) is 12.4 Å². The maximum atomic E-state index is 11.3. The van der Waals surface area contributed by atoms with Crippen molar-refractivity contribution in [3.05, 3.63) is 0 Å². The average Bonchev–Trinajstić information content (AvgIpc) is 2.94. The van der Waals surface area contributed by atoms with Gasteiger partial charge < -0.3 is 11.1 Å². The van der Waals surface area contributed by atoms with Gasteiger partial charge in [-0.1, -0.05) is 0 Å². The van der Waals surface area contributed by atoms with E-state index in [1.807, 2.05) is 6.26 Å². The third-order valence-corrected chi connectivity index (χ3v) is 2.94. The van der Waals surface area contributed by atoms with Crippen LogP contribution in [0.2, 0.25) is 0 Å². The largest absolute Gasteiger partial charge is 0.352 e. The molecule has 1 unspecified atom stereocenters. The van der Waals surface area contributed by atoms with Gasteiger partial charge in [0.05, 0.1) is 0 Å². The van der Waals surface area contributed by atoms with E-state index in [0.29, 0.717) is 18.9 Å². The second-order valence-electron chi connectivity index (χ2n) is 3.49. The zero-order valence-electron chi connectivity index (χ0n) is 8.49. The van der Waals surface area contributed by atoms with Crippen molar-refractivity contribution in [2.45, 2.75) is 25.3 Å². The third-order valence-electron chi connectivity index (χ3n) is 2.32. The molecule has 1 rings (SSSR count). The van der Waals surface area contributed by atoms with Crippen molar-refractivity contribution >= 4 is 30.1 Å². The van der Waals surface area contributed by atoms with E-state index in [4.69, 9.17) is 5.73 Å². The van der Waals surface area contributed by atoms with Crippen LogP contribution in [-0.4, -0.2) is 30.5 Å². The molecule has 1 fully saturated rings. The molecule has 1 saturated carbocycles. The second-order valence-corrected chi connectivity index (χ2v) is 4.48. The minimum absolute atomic E-state index is 0. The summed E-state index contributed by atoms with van der Waals surface area (Å²) < 4.78 is 0. The fraction of sp³-hybridized carbons (Fsp3) is 0.889. The van der Waals surface area contributed by atoms with E-state index in [9.17, 15) is 4.79 Å². The first-order chi connectivity index (χ1) is 6.27. The Morgan fingerprint density at radius 1 is 1.64 bits per heavy atom. The Morgan fingerprint density at radius 3 is 2.71 bits per heavy atom. The number of hydrogen-bond donors (Lipinski definition) is 2. The van der Waals surface area contributed by atoms with Crippen molar-refractivity contribution in [2.24, 2.45) is 11.7 Å². The summed E-state index contributed by atoms with van der Waals surface area (Å²) in [4.78, 5) is 11.3. The van der Waals surface area contributed by atoms with Crippen molar-refractivity contribution < 1.29 is 4.79 Å². The molecule has 14 heavy (non-hydrogen) atoms. The first-order valence-electron chi connectivity index (χ1n) is 4.76. The lowest BCUT2D eigenvalue weighted by molar-refractivity contribution is -0.121. The standard InChI is InChI=1S/C9H18N2OS.ClH/c1-13-5-4-9(12)11-8(6-10)7-2-3-7;/h7-8H,2-6,10H2,1H3,(H,11,12);1H. The van der Waals surface area contributed by atoms with Crippen LogP contribution < -0.4 is 11.1 Å². The minimum atomic E-state index is 0. The summed E-state index contributed by atoms with van der Waals surface area (Å²) in [7, 11) is 0. The minimum Gasteiger partial charge on any atom is -0.352 e. The van der Waals surface area contributed by atoms with Crippen molar-refractivity contribution in [1.82, 2.24) is 5.32 Å². The van der Waals surface area contributed by atoms with Gasteiger partial charge >= 0.3 is 0 Å². The van der Waals surface area contributed by atoms with Gasteiger partial charge in [0.25, 0.3) is 0 Å². The maximum absolute atomic E-state index is 11.3. The number of halogens is 1. The lowest BCUT2D eigenvalue weighted by Gasteiger charge is -2.15. The van der Waals surface area contributed by atoms with Crippen molar-refractivity contribution in [3.8, 4) is 0 Å². The third kappa shape index (κ3) is 5.08.